The summed E-state index contributed by atoms with van der Waals surface area (Å²) >= 11 is 0. The SMILES string of the molecule is CC(C)C(=O)N1CCC[C@@H](C(=O)Nc2ccc3[nH]c(=O)[nH]c3c2)C1. The van der Waals surface area contributed by atoms with Crippen molar-refractivity contribution < 1.29 is 9.59 Å². The number of carbonyl (C=O) groups is 2. The van der Waals surface area contributed by atoms with Gasteiger partial charge in [-0.15, -0.1) is 0 Å². The zero-order valence-corrected chi connectivity index (χ0v) is 13.9. The predicted octanol–water partition coefficient (Wildman–Crippen LogP) is 1.69. The van der Waals surface area contributed by atoms with E-state index in [1.807, 2.05) is 13.8 Å². The van der Waals surface area contributed by atoms with Gasteiger partial charge in [-0.1, -0.05) is 13.8 Å². The Morgan fingerprint density at radius 2 is 2.00 bits per heavy atom. The number of carbonyl (C=O) groups excluding carboxylic acids is 2. The topological polar surface area (TPSA) is 98.1 Å². The summed E-state index contributed by atoms with van der Waals surface area (Å²) < 4.78 is 0. The number of benzene rings is 1. The highest BCUT2D eigenvalue weighted by Gasteiger charge is 2.29. The fraction of sp³-hybridized carbons (Fsp3) is 0.471. The van der Waals surface area contributed by atoms with Crippen molar-refractivity contribution in [1.29, 1.82) is 0 Å². The van der Waals surface area contributed by atoms with Crippen LogP contribution in [0.4, 0.5) is 5.69 Å². The first kappa shape index (κ1) is 16.3. The van der Waals surface area contributed by atoms with Gasteiger partial charge in [0, 0.05) is 24.7 Å². The van der Waals surface area contributed by atoms with Crippen molar-refractivity contribution in [3.8, 4) is 0 Å². The number of aromatic amines is 2. The van der Waals surface area contributed by atoms with Crippen molar-refractivity contribution in [1.82, 2.24) is 14.9 Å². The highest BCUT2D eigenvalue weighted by Crippen LogP contribution is 2.21. The number of imidazole rings is 1. The predicted molar refractivity (Wildman–Crippen MR) is 91.7 cm³/mol. The summed E-state index contributed by atoms with van der Waals surface area (Å²) in [5.41, 5.74) is 1.71. The number of hydrogen-bond donors (Lipinski definition) is 3. The average Bonchev–Trinajstić information content (AvgIpc) is 2.93. The highest BCUT2D eigenvalue weighted by molar-refractivity contribution is 5.95. The Morgan fingerprint density at radius 3 is 2.75 bits per heavy atom. The maximum absolute atomic E-state index is 12.5. The number of anilines is 1. The molecule has 1 fully saturated rings. The third-order valence-corrected chi connectivity index (χ3v) is 4.38. The van der Waals surface area contributed by atoms with Gasteiger partial charge in [-0.2, -0.15) is 0 Å². The second-order valence-corrected chi connectivity index (χ2v) is 6.61. The zero-order valence-electron chi connectivity index (χ0n) is 13.9. The van der Waals surface area contributed by atoms with E-state index in [-0.39, 0.29) is 29.3 Å². The van der Waals surface area contributed by atoms with E-state index in [1.165, 1.54) is 0 Å². The normalized spacial score (nSPS) is 18.1. The smallest absolute Gasteiger partial charge is 0.323 e. The molecule has 1 aromatic heterocycles. The van der Waals surface area contributed by atoms with E-state index in [0.29, 0.717) is 23.3 Å². The lowest BCUT2D eigenvalue weighted by molar-refractivity contribution is -0.137. The number of nitrogens with zero attached hydrogens (tertiary/aromatic N) is 1. The lowest BCUT2D eigenvalue weighted by Gasteiger charge is -2.33. The molecule has 7 heteroatoms. The second-order valence-electron chi connectivity index (χ2n) is 6.61. The Bertz CT molecular complexity index is 821. The summed E-state index contributed by atoms with van der Waals surface area (Å²) in [7, 11) is 0. The fourth-order valence-electron chi connectivity index (χ4n) is 3.11. The highest BCUT2D eigenvalue weighted by atomic mass is 16.2. The molecule has 0 aliphatic carbocycles. The van der Waals surface area contributed by atoms with E-state index < -0.39 is 0 Å². The molecule has 1 aromatic carbocycles. The van der Waals surface area contributed by atoms with Crippen molar-refractivity contribution in [2.45, 2.75) is 26.7 Å². The zero-order chi connectivity index (χ0) is 17.3. The molecule has 128 valence electrons. The van der Waals surface area contributed by atoms with Gasteiger partial charge in [0.05, 0.1) is 17.0 Å². The Balaban J connectivity index is 1.68. The number of likely N-dealkylation sites (tertiary alicyclic amines) is 1. The monoisotopic (exact) mass is 330 g/mol. The molecule has 1 atom stereocenters. The summed E-state index contributed by atoms with van der Waals surface area (Å²) in [5, 5.41) is 2.89. The third-order valence-electron chi connectivity index (χ3n) is 4.38. The van der Waals surface area contributed by atoms with Crippen molar-refractivity contribution in [3.63, 3.8) is 0 Å². The summed E-state index contributed by atoms with van der Waals surface area (Å²) in [6.45, 7) is 4.93. The van der Waals surface area contributed by atoms with E-state index in [9.17, 15) is 14.4 Å². The number of nitrogens with one attached hydrogen (secondary N) is 3. The van der Waals surface area contributed by atoms with Gasteiger partial charge in [-0.05, 0) is 31.0 Å². The van der Waals surface area contributed by atoms with Crippen LogP contribution in [-0.4, -0.2) is 39.8 Å². The van der Waals surface area contributed by atoms with Gasteiger partial charge in [0.2, 0.25) is 11.8 Å². The number of rotatable bonds is 3. The first-order valence-corrected chi connectivity index (χ1v) is 8.26. The Kier molecular flexibility index (Phi) is 4.42. The fourth-order valence-corrected chi connectivity index (χ4v) is 3.11. The molecule has 0 spiro atoms. The van der Waals surface area contributed by atoms with E-state index in [1.54, 1.807) is 23.1 Å². The largest absolute Gasteiger partial charge is 0.342 e. The molecule has 2 aromatic rings. The van der Waals surface area contributed by atoms with E-state index >= 15 is 0 Å². The lowest BCUT2D eigenvalue weighted by atomic mass is 9.96. The first-order chi connectivity index (χ1) is 11.4. The minimum atomic E-state index is -0.274. The van der Waals surface area contributed by atoms with Gasteiger partial charge >= 0.3 is 5.69 Å². The molecule has 0 bridgehead atoms. The molecule has 7 nitrogen and oxygen atoms in total. The molecule has 1 saturated heterocycles. The molecule has 3 rings (SSSR count). The van der Waals surface area contributed by atoms with Crippen molar-refractivity contribution >= 4 is 28.5 Å². The quantitative estimate of drug-likeness (QED) is 0.798. The second kappa shape index (κ2) is 6.51. The number of amides is 2. The molecule has 0 saturated carbocycles. The molecule has 24 heavy (non-hydrogen) atoms. The first-order valence-electron chi connectivity index (χ1n) is 8.26. The number of hydrogen-bond acceptors (Lipinski definition) is 3. The molecule has 3 N–H and O–H groups in total. The Hall–Kier alpha value is -2.57. The van der Waals surface area contributed by atoms with Crippen LogP contribution in [0.25, 0.3) is 11.0 Å². The Morgan fingerprint density at radius 1 is 1.25 bits per heavy atom. The molecule has 1 aliphatic rings. The maximum Gasteiger partial charge on any atom is 0.323 e. The number of piperidine rings is 1. The lowest BCUT2D eigenvalue weighted by Crippen LogP contribution is -2.45. The number of H-pyrrole nitrogens is 2. The van der Waals surface area contributed by atoms with Crippen LogP contribution >= 0.6 is 0 Å². The molecule has 2 amide bonds. The van der Waals surface area contributed by atoms with Crippen LogP contribution in [0.2, 0.25) is 0 Å². The molecule has 0 unspecified atom stereocenters. The Labute approximate surface area is 139 Å². The third kappa shape index (κ3) is 3.34. The van der Waals surface area contributed by atoms with Crippen LogP contribution < -0.4 is 11.0 Å². The summed E-state index contributed by atoms with van der Waals surface area (Å²) in [4.78, 5) is 43.1. The van der Waals surface area contributed by atoms with Crippen molar-refractivity contribution in [2.24, 2.45) is 11.8 Å². The minimum Gasteiger partial charge on any atom is -0.342 e. The average molecular weight is 330 g/mol. The van der Waals surface area contributed by atoms with Crippen LogP contribution in [0.1, 0.15) is 26.7 Å². The summed E-state index contributed by atoms with van der Waals surface area (Å²) in [6.07, 6.45) is 1.61. The van der Waals surface area contributed by atoms with Gasteiger partial charge in [0.15, 0.2) is 0 Å². The van der Waals surface area contributed by atoms with E-state index in [0.717, 1.165) is 19.4 Å². The molecular weight excluding hydrogens is 308 g/mol. The van der Waals surface area contributed by atoms with Gasteiger partial charge < -0.3 is 20.2 Å². The van der Waals surface area contributed by atoms with Crippen molar-refractivity contribution in [3.05, 3.63) is 28.7 Å². The van der Waals surface area contributed by atoms with Gasteiger partial charge in [0.1, 0.15) is 0 Å². The van der Waals surface area contributed by atoms with Gasteiger partial charge in [-0.25, -0.2) is 4.79 Å². The van der Waals surface area contributed by atoms with E-state index in [2.05, 4.69) is 15.3 Å². The summed E-state index contributed by atoms with van der Waals surface area (Å²) in [6, 6.07) is 5.23. The van der Waals surface area contributed by atoms with Gasteiger partial charge in [0.25, 0.3) is 0 Å². The molecular formula is C17H22N4O3. The van der Waals surface area contributed by atoms with Crippen LogP contribution in [0, 0.1) is 11.8 Å². The minimum absolute atomic E-state index is 0.0559. The van der Waals surface area contributed by atoms with Crippen LogP contribution in [0.15, 0.2) is 23.0 Å². The van der Waals surface area contributed by atoms with Crippen LogP contribution in [0.5, 0.6) is 0 Å². The van der Waals surface area contributed by atoms with Crippen molar-refractivity contribution in [2.75, 3.05) is 18.4 Å². The molecule has 2 heterocycles. The standard InChI is InChI=1S/C17H22N4O3/c1-10(2)16(23)21-7-3-4-11(9-21)15(22)18-12-5-6-13-14(8-12)20-17(24)19-13/h5-6,8,10-11H,3-4,7,9H2,1-2H3,(H,18,22)(H2,19,20,24)/t11-/m1/s1. The van der Waals surface area contributed by atoms with Crippen LogP contribution in [0.3, 0.4) is 0 Å². The maximum atomic E-state index is 12.5. The number of fused-ring (bicyclic) bond motifs is 1. The van der Waals surface area contributed by atoms with Crippen LogP contribution in [-0.2, 0) is 9.59 Å². The van der Waals surface area contributed by atoms with E-state index in [4.69, 9.17) is 0 Å². The summed E-state index contributed by atoms with van der Waals surface area (Å²) in [5.74, 6) is -0.255. The molecule has 0 radical (unpaired) electrons. The van der Waals surface area contributed by atoms with Gasteiger partial charge in [-0.3, -0.25) is 9.59 Å². The number of aromatic nitrogens is 2. The molecule has 1 aliphatic heterocycles.